The van der Waals surface area contributed by atoms with Crippen molar-refractivity contribution in [3.63, 3.8) is 0 Å². The van der Waals surface area contributed by atoms with Crippen molar-refractivity contribution in [1.82, 2.24) is 10.6 Å². The van der Waals surface area contributed by atoms with Crippen LogP contribution in [0.3, 0.4) is 0 Å². The summed E-state index contributed by atoms with van der Waals surface area (Å²) in [4.78, 5) is 25.8. The number of hydrogen-bond donors (Lipinski definition) is 4. The molecule has 0 saturated heterocycles. The molecule has 0 spiro atoms. The number of amides is 2. The number of alkyl halides is 3. The topological polar surface area (TPSA) is 96.2 Å². The van der Waals surface area contributed by atoms with E-state index in [1.54, 1.807) is 18.2 Å². The minimum absolute atomic E-state index is 0.0852. The Morgan fingerprint density at radius 2 is 1.90 bits per heavy atom. The van der Waals surface area contributed by atoms with Crippen LogP contribution in [0, 0.1) is 6.92 Å². The lowest BCUT2D eigenvalue weighted by Crippen LogP contribution is -2.56. The highest BCUT2D eigenvalue weighted by molar-refractivity contribution is 7.80. The fourth-order valence-electron chi connectivity index (χ4n) is 3.39. The first kappa shape index (κ1) is 24.1. The molecule has 0 bridgehead atoms. The molecule has 2 amide bonds. The lowest BCUT2D eigenvalue weighted by atomic mass is 9.95. The van der Waals surface area contributed by atoms with Crippen LogP contribution in [0.2, 0.25) is 0 Å². The Morgan fingerprint density at radius 1 is 1.19 bits per heavy atom. The molecular formula is C20H21Cl3N4O2S2. The molecule has 2 aromatic rings. The van der Waals surface area contributed by atoms with Gasteiger partial charge in [0.1, 0.15) is 11.2 Å². The molecule has 0 saturated carbocycles. The van der Waals surface area contributed by atoms with Gasteiger partial charge in [0.15, 0.2) is 5.11 Å². The zero-order valence-electron chi connectivity index (χ0n) is 16.6. The van der Waals surface area contributed by atoms with E-state index >= 15 is 0 Å². The van der Waals surface area contributed by atoms with Gasteiger partial charge in [0, 0.05) is 10.4 Å². The number of primary amides is 1. The Bertz CT molecular complexity index is 1020. The summed E-state index contributed by atoms with van der Waals surface area (Å²) in [5.74, 6) is -0.949. The number of carbonyl (C=O) groups is 2. The van der Waals surface area contributed by atoms with Crippen LogP contribution in [-0.2, 0) is 12.8 Å². The Hall–Kier alpha value is -1.58. The van der Waals surface area contributed by atoms with E-state index in [1.807, 2.05) is 13.0 Å². The van der Waals surface area contributed by atoms with Crippen molar-refractivity contribution in [2.45, 2.75) is 42.6 Å². The van der Waals surface area contributed by atoms with Gasteiger partial charge in [0.05, 0.1) is 5.56 Å². The molecule has 0 unspecified atom stereocenters. The number of anilines is 1. The van der Waals surface area contributed by atoms with E-state index in [2.05, 4.69) is 16.0 Å². The predicted octanol–water partition coefficient (Wildman–Crippen LogP) is 4.45. The van der Waals surface area contributed by atoms with Crippen LogP contribution >= 0.6 is 58.4 Å². The van der Waals surface area contributed by atoms with Gasteiger partial charge in [-0.05, 0) is 62.5 Å². The van der Waals surface area contributed by atoms with Crippen molar-refractivity contribution in [2.75, 3.05) is 5.32 Å². The molecule has 31 heavy (non-hydrogen) atoms. The second kappa shape index (κ2) is 9.92. The summed E-state index contributed by atoms with van der Waals surface area (Å²) in [6, 6.07) is 7.01. The first-order valence-corrected chi connectivity index (χ1v) is 11.9. The first-order valence-electron chi connectivity index (χ1n) is 9.52. The molecule has 1 atom stereocenters. The number of nitrogens with two attached hydrogens (primary N) is 1. The van der Waals surface area contributed by atoms with Gasteiger partial charge in [0.2, 0.25) is 3.79 Å². The first-order chi connectivity index (χ1) is 14.6. The van der Waals surface area contributed by atoms with Crippen molar-refractivity contribution in [2.24, 2.45) is 5.73 Å². The van der Waals surface area contributed by atoms with Crippen molar-refractivity contribution in [3.05, 3.63) is 51.4 Å². The van der Waals surface area contributed by atoms with Crippen molar-refractivity contribution in [3.8, 4) is 0 Å². The third-order valence-electron chi connectivity index (χ3n) is 4.80. The van der Waals surface area contributed by atoms with Gasteiger partial charge >= 0.3 is 0 Å². The lowest BCUT2D eigenvalue weighted by Gasteiger charge is -2.27. The highest BCUT2D eigenvalue weighted by Crippen LogP contribution is 2.38. The number of aryl methyl sites for hydroxylation is 2. The molecule has 11 heteroatoms. The Balaban J connectivity index is 1.75. The minimum Gasteiger partial charge on any atom is -0.365 e. The van der Waals surface area contributed by atoms with Gasteiger partial charge in [-0.2, -0.15) is 0 Å². The minimum atomic E-state index is -1.90. The van der Waals surface area contributed by atoms with Gasteiger partial charge in [-0.15, -0.1) is 11.3 Å². The second-order valence-electron chi connectivity index (χ2n) is 7.20. The molecule has 1 aromatic carbocycles. The third-order valence-corrected chi connectivity index (χ3v) is 6.89. The van der Waals surface area contributed by atoms with Crippen molar-refractivity contribution >= 4 is 80.3 Å². The number of halogens is 3. The molecule has 1 aromatic heterocycles. The van der Waals surface area contributed by atoms with E-state index in [-0.39, 0.29) is 5.11 Å². The van der Waals surface area contributed by atoms with Crippen LogP contribution in [0.25, 0.3) is 0 Å². The molecule has 5 N–H and O–H groups in total. The third kappa shape index (κ3) is 6.02. The van der Waals surface area contributed by atoms with Crippen LogP contribution in [-0.4, -0.2) is 26.9 Å². The van der Waals surface area contributed by atoms with Crippen molar-refractivity contribution < 1.29 is 9.59 Å². The van der Waals surface area contributed by atoms with E-state index in [0.717, 1.165) is 41.7 Å². The quantitative estimate of drug-likeness (QED) is 0.266. The molecule has 0 radical (unpaired) electrons. The van der Waals surface area contributed by atoms with Crippen LogP contribution in [0.15, 0.2) is 24.3 Å². The summed E-state index contributed by atoms with van der Waals surface area (Å²) < 4.78 is -1.90. The summed E-state index contributed by atoms with van der Waals surface area (Å²) in [7, 11) is 0. The van der Waals surface area contributed by atoms with Gasteiger partial charge in [-0.1, -0.05) is 52.5 Å². The fraction of sp³-hybridized carbons (Fsp3) is 0.350. The zero-order valence-corrected chi connectivity index (χ0v) is 20.5. The highest BCUT2D eigenvalue weighted by Gasteiger charge is 2.35. The lowest BCUT2D eigenvalue weighted by molar-refractivity contribution is 0.0933. The maximum atomic E-state index is 12.6. The molecule has 1 aliphatic carbocycles. The summed E-state index contributed by atoms with van der Waals surface area (Å²) in [6.07, 6.45) is 2.64. The Labute approximate surface area is 204 Å². The average Bonchev–Trinajstić information content (AvgIpc) is 3.04. The molecule has 3 rings (SSSR count). The molecule has 1 aliphatic rings. The number of hydrogen-bond acceptors (Lipinski definition) is 4. The Morgan fingerprint density at radius 3 is 2.55 bits per heavy atom. The van der Waals surface area contributed by atoms with Gasteiger partial charge in [-0.25, -0.2) is 0 Å². The number of rotatable bonds is 5. The van der Waals surface area contributed by atoms with Gasteiger partial charge in [-0.3, -0.25) is 9.59 Å². The SMILES string of the molecule is Cc1cccc(C(=O)N[C@H](NC(=S)Nc2sc3c(c2C(N)=O)CCCC3)C(Cl)(Cl)Cl)c1. The van der Waals surface area contributed by atoms with E-state index in [1.165, 1.54) is 11.3 Å². The largest absolute Gasteiger partial charge is 0.365 e. The Kier molecular flexibility index (Phi) is 7.70. The summed E-state index contributed by atoms with van der Waals surface area (Å²) in [5, 5.41) is 9.07. The van der Waals surface area contributed by atoms with Crippen LogP contribution in [0.4, 0.5) is 5.00 Å². The number of fused-ring (bicyclic) bond motifs is 1. The molecule has 6 nitrogen and oxygen atoms in total. The number of thiocarbonyl (C=S) groups is 1. The zero-order chi connectivity index (χ0) is 22.8. The van der Waals surface area contributed by atoms with Crippen LogP contribution in [0.5, 0.6) is 0 Å². The van der Waals surface area contributed by atoms with E-state index < -0.39 is 21.8 Å². The fourth-order valence-corrected chi connectivity index (χ4v) is 5.30. The number of thiophene rings is 1. The number of carbonyl (C=O) groups excluding carboxylic acids is 2. The van der Waals surface area contributed by atoms with E-state index in [4.69, 9.17) is 52.8 Å². The normalized spacial score (nSPS) is 14.3. The van der Waals surface area contributed by atoms with Crippen molar-refractivity contribution in [1.29, 1.82) is 0 Å². The molecule has 1 heterocycles. The number of nitrogens with one attached hydrogen (secondary N) is 3. The average molecular weight is 520 g/mol. The van der Waals surface area contributed by atoms with E-state index in [9.17, 15) is 9.59 Å². The smallest absolute Gasteiger partial charge is 0.252 e. The summed E-state index contributed by atoms with van der Waals surface area (Å²) in [6.45, 7) is 1.87. The van der Waals surface area contributed by atoms with Crippen LogP contribution in [0.1, 0.15) is 49.6 Å². The number of benzene rings is 1. The van der Waals surface area contributed by atoms with Gasteiger partial charge < -0.3 is 21.7 Å². The van der Waals surface area contributed by atoms with Gasteiger partial charge in [0.25, 0.3) is 11.8 Å². The standard InChI is InChI=1S/C20H21Cl3N4O2S2/c1-10-5-4-6-11(9-10)16(29)25-18(20(21,22)23)27-19(30)26-17-14(15(24)28)12-7-2-3-8-13(12)31-17/h4-6,9,18H,2-3,7-8H2,1H3,(H2,24,28)(H,25,29)(H2,26,27,30)/t18-/m1/s1. The molecular weight excluding hydrogens is 499 g/mol. The van der Waals surface area contributed by atoms with E-state index in [0.29, 0.717) is 16.1 Å². The molecule has 166 valence electrons. The molecule has 0 fully saturated rings. The monoisotopic (exact) mass is 518 g/mol. The molecule has 0 aliphatic heterocycles. The second-order valence-corrected chi connectivity index (χ2v) is 11.1. The highest BCUT2D eigenvalue weighted by atomic mass is 35.6. The predicted molar refractivity (Wildman–Crippen MR) is 132 cm³/mol. The summed E-state index contributed by atoms with van der Waals surface area (Å²) >= 11 is 25.0. The summed E-state index contributed by atoms with van der Waals surface area (Å²) in [5.41, 5.74) is 8.37. The van der Waals surface area contributed by atoms with Crippen LogP contribution < -0.4 is 21.7 Å². The maximum absolute atomic E-state index is 12.6. The maximum Gasteiger partial charge on any atom is 0.252 e.